The average Bonchev–Trinajstić information content (AvgIpc) is 3.42. The molecule has 2 bridgehead atoms. The third kappa shape index (κ3) is 5.81. The number of carbonyl (C=O) groups excluding carboxylic acids is 2. The molecule has 7 heteroatoms. The van der Waals surface area contributed by atoms with Gasteiger partial charge < -0.3 is 19.9 Å². The van der Waals surface area contributed by atoms with E-state index in [2.05, 4.69) is 74.7 Å². The van der Waals surface area contributed by atoms with Gasteiger partial charge in [-0.3, -0.25) is 9.59 Å². The molecule has 46 heavy (non-hydrogen) atoms. The molecule has 0 spiro atoms. The highest BCUT2D eigenvalue weighted by atomic mass is 16.7. The van der Waals surface area contributed by atoms with E-state index in [4.69, 9.17) is 9.31 Å². The predicted octanol–water partition coefficient (Wildman–Crippen LogP) is 6.14. The summed E-state index contributed by atoms with van der Waals surface area (Å²) in [5.74, 6) is 0.0798. The summed E-state index contributed by atoms with van der Waals surface area (Å²) in [6.07, 6.45) is 5.84. The van der Waals surface area contributed by atoms with Crippen molar-refractivity contribution in [1.82, 2.24) is 10.6 Å². The zero-order valence-electron chi connectivity index (χ0n) is 27.6. The molecule has 1 unspecified atom stereocenters. The van der Waals surface area contributed by atoms with Crippen LogP contribution in [-0.2, 0) is 38.2 Å². The third-order valence-corrected chi connectivity index (χ3v) is 11.8. The van der Waals surface area contributed by atoms with Crippen molar-refractivity contribution in [3.8, 4) is 0 Å². The highest BCUT2D eigenvalue weighted by Gasteiger charge is 2.68. The monoisotopic (exact) mass is 618 g/mol. The minimum absolute atomic E-state index is 0.0119. The smallest absolute Gasteiger partial charge is 0.404 e. The summed E-state index contributed by atoms with van der Waals surface area (Å²) in [5.41, 5.74) is 5.43. The van der Waals surface area contributed by atoms with E-state index in [-0.39, 0.29) is 34.9 Å². The molecule has 1 aliphatic heterocycles. The first kappa shape index (κ1) is 31.2. The van der Waals surface area contributed by atoms with Crippen LogP contribution < -0.4 is 10.6 Å². The molecule has 240 valence electrons. The lowest BCUT2D eigenvalue weighted by Gasteiger charge is -2.64. The average molecular weight is 619 g/mol. The molecule has 2 amide bonds. The molecule has 0 aromatic heterocycles. The highest BCUT2D eigenvalue weighted by molar-refractivity contribution is 6.48. The lowest BCUT2D eigenvalue weighted by atomic mass is 9.43. The van der Waals surface area contributed by atoms with Gasteiger partial charge in [0.2, 0.25) is 11.8 Å². The number of fused-ring (bicyclic) bond motifs is 1. The number of aryl methyl sites for hydroxylation is 2. The maximum atomic E-state index is 14.4. The quantitative estimate of drug-likeness (QED) is 0.283. The van der Waals surface area contributed by atoms with Gasteiger partial charge in [-0.05, 0) is 91.9 Å². The zero-order valence-corrected chi connectivity index (χ0v) is 27.6. The van der Waals surface area contributed by atoms with Gasteiger partial charge in [0, 0.05) is 6.42 Å². The summed E-state index contributed by atoms with van der Waals surface area (Å²) in [7, 11) is -0.575. The minimum atomic E-state index is -0.740. The highest BCUT2D eigenvalue weighted by Crippen LogP contribution is 2.65. The molecule has 6 nitrogen and oxygen atoms in total. The van der Waals surface area contributed by atoms with Crippen LogP contribution in [0.5, 0.6) is 0 Å². The van der Waals surface area contributed by atoms with Crippen LogP contribution in [0.4, 0.5) is 0 Å². The Morgan fingerprint density at radius 2 is 1.61 bits per heavy atom. The standard InChI is InChI=1S/C39H47BN2O4/c1-25-17-19-27(20-18-25)22-35(40-45-34-24-29-23-33(38(29,2)3)39(34,4)46-40)42-37(44)32(21-26-11-6-5-7-12-26)41-36(43)31-16-10-14-28-13-8-9-15-30(28)31/h5-9,11-13,15,17-20,29,31-35H,10,14,16,21-24H2,1-4H3,(H,41,43)(H,42,44)/t29-,31-,32-,33-,34?,35-,39-/m0/s1. The van der Waals surface area contributed by atoms with Crippen molar-refractivity contribution in [1.29, 1.82) is 0 Å². The second-order valence-electron chi connectivity index (χ2n) is 15.0. The second kappa shape index (κ2) is 12.3. The van der Waals surface area contributed by atoms with Crippen LogP contribution in [0.15, 0.2) is 78.9 Å². The summed E-state index contributed by atoms with van der Waals surface area (Å²) in [4.78, 5) is 28.3. The van der Waals surface area contributed by atoms with Gasteiger partial charge in [-0.25, -0.2) is 0 Å². The Kier molecular flexibility index (Phi) is 8.35. The molecule has 3 aromatic carbocycles. The molecule has 3 aromatic rings. The van der Waals surface area contributed by atoms with Gasteiger partial charge in [0.1, 0.15) is 6.04 Å². The van der Waals surface area contributed by atoms with E-state index in [1.165, 1.54) is 17.5 Å². The van der Waals surface area contributed by atoms with Crippen molar-refractivity contribution in [2.75, 3.05) is 0 Å². The summed E-state index contributed by atoms with van der Waals surface area (Å²) >= 11 is 0. The molecule has 8 rings (SSSR count). The first-order valence-electron chi connectivity index (χ1n) is 17.2. The van der Waals surface area contributed by atoms with Crippen molar-refractivity contribution in [3.05, 3.63) is 107 Å². The van der Waals surface area contributed by atoms with E-state index in [0.29, 0.717) is 24.7 Å². The minimum Gasteiger partial charge on any atom is -0.404 e. The summed E-state index contributed by atoms with van der Waals surface area (Å²) in [6, 6.07) is 25.8. The maximum absolute atomic E-state index is 14.4. The maximum Gasteiger partial charge on any atom is 0.482 e. The first-order chi connectivity index (χ1) is 22.1. The van der Waals surface area contributed by atoms with E-state index in [1.807, 2.05) is 42.5 Å². The third-order valence-electron chi connectivity index (χ3n) is 11.8. The molecule has 0 radical (unpaired) electrons. The summed E-state index contributed by atoms with van der Waals surface area (Å²) in [6.45, 7) is 9.01. The fourth-order valence-corrected chi connectivity index (χ4v) is 8.91. The molecular weight excluding hydrogens is 571 g/mol. The Bertz CT molecular complexity index is 1580. The van der Waals surface area contributed by atoms with Crippen LogP contribution >= 0.6 is 0 Å². The van der Waals surface area contributed by atoms with Crippen molar-refractivity contribution in [2.24, 2.45) is 17.3 Å². The van der Waals surface area contributed by atoms with Crippen LogP contribution in [0.3, 0.4) is 0 Å². The number of carbonyl (C=O) groups is 2. The SMILES string of the molecule is Cc1ccc(C[C@H](NC(=O)[C@H](Cc2ccccc2)NC(=O)[C@H]2CCCc3ccccc32)B2OC3C[C@@H]4C[C@@H](C4(C)C)[C@]3(C)O2)cc1. The van der Waals surface area contributed by atoms with Gasteiger partial charge >= 0.3 is 7.12 Å². The molecule has 2 N–H and O–H groups in total. The van der Waals surface area contributed by atoms with Crippen molar-refractivity contribution in [3.63, 3.8) is 0 Å². The van der Waals surface area contributed by atoms with E-state index >= 15 is 0 Å². The first-order valence-corrected chi connectivity index (χ1v) is 17.2. The van der Waals surface area contributed by atoms with E-state index < -0.39 is 19.1 Å². The number of hydrogen-bond acceptors (Lipinski definition) is 4. The number of hydrogen-bond donors (Lipinski definition) is 2. The lowest BCUT2D eigenvalue weighted by molar-refractivity contribution is -0.199. The van der Waals surface area contributed by atoms with Crippen molar-refractivity contribution in [2.45, 2.75) is 102 Å². The van der Waals surface area contributed by atoms with Gasteiger partial charge in [-0.1, -0.05) is 98.3 Å². The summed E-state index contributed by atoms with van der Waals surface area (Å²) in [5, 5.41) is 6.53. The van der Waals surface area contributed by atoms with Gasteiger partial charge in [-0.15, -0.1) is 0 Å². The molecule has 7 atom stereocenters. The number of amides is 2. The van der Waals surface area contributed by atoms with Crippen LogP contribution in [0, 0.1) is 24.2 Å². The topological polar surface area (TPSA) is 76.7 Å². The zero-order chi connectivity index (χ0) is 32.1. The molecule has 4 aliphatic carbocycles. The van der Waals surface area contributed by atoms with Gasteiger partial charge in [-0.2, -0.15) is 0 Å². The second-order valence-corrected chi connectivity index (χ2v) is 15.0. The Morgan fingerprint density at radius 1 is 0.891 bits per heavy atom. The van der Waals surface area contributed by atoms with Crippen LogP contribution in [-0.4, -0.2) is 42.6 Å². The Balaban J connectivity index is 1.14. The normalized spacial score (nSPS) is 28.7. The van der Waals surface area contributed by atoms with Gasteiger partial charge in [0.25, 0.3) is 0 Å². The van der Waals surface area contributed by atoms with Crippen LogP contribution in [0.25, 0.3) is 0 Å². The fraction of sp³-hybridized carbons (Fsp3) is 0.487. The molecule has 3 saturated carbocycles. The van der Waals surface area contributed by atoms with Crippen LogP contribution in [0.2, 0.25) is 0 Å². The Morgan fingerprint density at radius 3 is 2.37 bits per heavy atom. The fourth-order valence-electron chi connectivity index (χ4n) is 8.91. The van der Waals surface area contributed by atoms with Crippen LogP contribution in [0.1, 0.15) is 80.2 Å². The Hall–Kier alpha value is -3.42. The molecule has 1 saturated heterocycles. The summed E-state index contributed by atoms with van der Waals surface area (Å²) < 4.78 is 13.6. The molecule has 1 heterocycles. The lowest BCUT2D eigenvalue weighted by Crippen LogP contribution is -2.65. The van der Waals surface area contributed by atoms with E-state index in [9.17, 15) is 9.59 Å². The van der Waals surface area contributed by atoms with Gasteiger partial charge in [0.05, 0.1) is 23.6 Å². The van der Waals surface area contributed by atoms with Crippen molar-refractivity contribution >= 4 is 18.9 Å². The largest absolute Gasteiger partial charge is 0.482 e. The van der Waals surface area contributed by atoms with E-state index in [0.717, 1.165) is 42.4 Å². The predicted molar refractivity (Wildman–Crippen MR) is 181 cm³/mol. The Labute approximate surface area is 274 Å². The molecule has 4 fully saturated rings. The number of benzene rings is 3. The number of rotatable bonds is 9. The molecular formula is C39H47BN2O4. The van der Waals surface area contributed by atoms with E-state index in [1.54, 1.807) is 0 Å². The van der Waals surface area contributed by atoms with Crippen molar-refractivity contribution < 1.29 is 18.9 Å². The van der Waals surface area contributed by atoms with Gasteiger partial charge in [0.15, 0.2) is 0 Å². The molecule has 5 aliphatic rings. The number of nitrogens with one attached hydrogen (secondary N) is 2.